The molecule has 0 bridgehead atoms. The van der Waals surface area contributed by atoms with Crippen molar-refractivity contribution in [3.63, 3.8) is 0 Å². The summed E-state index contributed by atoms with van der Waals surface area (Å²) in [7, 11) is 3.87. The SMILES string of the molecule is C#CC[C@H](NC(=O)[C@@H]1CSCC(=O)N[C@@H](Cc2ccc(O)cc2)C(=O)N(C)[C@@H](C)C(=O)N[C@@H](CC(N)=O)C(=O)N2CCC[C@H]2C(=O)N[C@@H](CN)C(=O)N[C@@H](CC(C)C)C(=O)N2C[C@H](O)C[C@H]2C(=O)N[C@@H](Cc2c[nH]c3ccccc23)C(=O)N[C@@H](CCN)C(=O)N[C@@H](Cc2cn(CC(=O)O)c3ccccc23)C(=O)N(C)[C@@H](CCCC)C(=O)N(C)[C@@H](CCCC)C(=O)N[C@@H](CC(C)C)C(=O)N1)C(=O)O. The second-order valence-electron chi connectivity index (χ2n) is 35.9. The van der Waals surface area contributed by atoms with Gasteiger partial charge in [0.2, 0.25) is 94.5 Å². The van der Waals surface area contributed by atoms with Crippen molar-refractivity contribution in [2.24, 2.45) is 29.0 Å². The minimum Gasteiger partial charge on any atom is -0.508 e. The highest BCUT2D eigenvalue weighted by atomic mass is 32.2. The minimum absolute atomic E-state index is 0.0266. The summed E-state index contributed by atoms with van der Waals surface area (Å²) in [5, 5.41) is 69.5. The van der Waals surface area contributed by atoms with E-state index >= 15 is 38.4 Å². The molecule has 43 heteroatoms. The van der Waals surface area contributed by atoms with E-state index in [2.05, 4.69) is 64.1 Å². The van der Waals surface area contributed by atoms with E-state index in [1.54, 1.807) is 82.4 Å². The smallest absolute Gasteiger partial charge is 0.327 e. The first-order valence-corrected chi connectivity index (χ1v) is 47.3. The van der Waals surface area contributed by atoms with E-state index < -0.39 is 260 Å². The van der Waals surface area contributed by atoms with Gasteiger partial charge >= 0.3 is 11.9 Å². The maximum atomic E-state index is 16.0. The number of carbonyl (C=O) groups excluding carboxylic acids is 16. The van der Waals surface area contributed by atoms with Crippen LogP contribution in [0.25, 0.3) is 21.8 Å². The highest BCUT2D eigenvalue weighted by Gasteiger charge is 2.47. The number of H-pyrrole nitrogens is 1. The number of carboxylic acid groups (broad SMARTS) is 2. The number of phenolic OH excluding ortho intramolecular Hbond substituents is 1. The number of amides is 16. The molecule has 5 aromatic rings. The molecule has 3 aliphatic heterocycles. The number of likely N-dealkylation sites (N-methyl/N-ethyl adjacent to an activating group) is 3. The number of terminal acetylenes is 1. The molecule has 0 aliphatic carbocycles. The standard InChI is InChI=1S/C94H132N20O22S/c1-12-15-26-73-86(127)102-64(37-51(4)5)82(123)108-71(85(126)101-63(22-14-3)94(135)136)49-137-50-78(118)99-67(39-54-30-32-57(115)33-31-54)89(130)109(9)53(8)80(121)104-69(43-77(97)117)91(132)113-36-21-29-74(113)87(128)107-70(44-96)84(125)105-66(38-52(6)7)92(133)114-47-58(116)42-76(114)88(129)103-65(40-55-45-98-61-25-19-17-23-59(55)61)83(124)100-62(34-35-95)81(122)106-68(90(131)111(11)75(27-16-13-2)93(134)110(73)10)41-56-46-112(48-79(119)120)72-28-20-18-24-60(56)72/h3,17-20,23-25,28,30-33,45-46,51-53,58,62-71,73-76,98,115-116H,12-13,15-16,21-22,26-27,29,34-44,47-50,95-96H2,1-2,4-11H3,(H2,97,117)(H,99,118)(H,100,124)(H,101,126)(H,102,127)(H,103,129)(H,104,121)(H,105,125)(H,106,122)(H,107,128)(H,108,123)(H,119,120)(H,135,136)/t53-,58+,62-,63-,64-,65-,66-,67-,68-,69-,70-,71-,73-,74-,75-,76-/m0/s1. The van der Waals surface area contributed by atoms with Gasteiger partial charge in [0.15, 0.2) is 0 Å². The number of nitrogens with two attached hydrogens (primary N) is 3. The number of hydrogen-bond donors (Lipinski definition) is 18. The first kappa shape index (κ1) is 109. The molecule has 3 saturated heterocycles. The average Bonchev–Trinajstić information content (AvgIpc) is 1.63. The van der Waals surface area contributed by atoms with E-state index in [1.807, 2.05) is 13.8 Å². The zero-order valence-electron chi connectivity index (χ0n) is 79.0. The zero-order valence-corrected chi connectivity index (χ0v) is 79.8. The Morgan fingerprint density at radius 3 is 1.76 bits per heavy atom. The summed E-state index contributed by atoms with van der Waals surface area (Å²) in [5.74, 6) is -17.9. The van der Waals surface area contributed by atoms with Crippen LogP contribution in [0.4, 0.5) is 0 Å². The number of unbranched alkanes of at least 4 members (excludes halogenated alkanes) is 2. The third-order valence-corrected chi connectivity index (χ3v) is 25.6. The molecule has 3 aromatic carbocycles. The number of aromatic nitrogens is 2. The lowest BCUT2D eigenvalue weighted by Gasteiger charge is -2.36. The predicted octanol–water partition coefficient (Wildman–Crippen LogP) is -1.25. The number of para-hydroxylation sites is 2. The van der Waals surface area contributed by atoms with Gasteiger partial charge in [-0.25, -0.2) is 4.79 Å². The normalized spacial score (nSPS) is 24.8. The summed E-state index contributed by atoms with van der Waals surface area (Å²) < 4.78 is 1.43. The number of carboxylic acids is 2. The van der Waals surface area contributed by atoms with Gasteiger partial charge in [0.25, 0.3) is 0 Å². The molecule has 137 heavy (non-hydrogen) atoms. The maximum Gasteiger partial charge on any atom is 0.327 e. The highest BCUT2D eigenvalue weighted by molar-refractivity contribution is 8.00. The van der Waals surface area contributed by atoms with Crippen LogP contribution in [-0.2, 0) is 112 Å². The first-order chi connectivity index (χ1) is 65.0. The highest BCUT2D eigenvalue weighted by Crippen LogP contribution is 2.29. The number of aliphatic hydroxyl groups excluding tert-OH is 1. The Kier molecular flexibility index (Phi) is 41.1. The van der Waals surface area contributed by atoms with Crippen molar-refractivity contribution in [1.82, 2.24) is 87.2 Å². The van der Waals surface area contributed by atoms with Crippen LogP contribution in [0.3, 0.4) is 0 Å². The number of rotatable bonds is 27. The summed E-state index contributed by atoms with van der Waals surface area (Å²) in [6.07, 6.45) is 5.65. The van der Waals surface area contributed by atoms with Crippen LogP contribution >= 0.6 is 11.8 Å². The molecule has 8 rings (SSSR count). The van der Waals surface area contributed by atoms with E-state index in [4.69, 9.17) is 23.6 Å². The first-order valence-electron chi connectivity index (χ1n) is 46.2. The Hall–Kier alpha value is -13.2. The molecule has 0 unspecified atom stereocenters. The van der Waals surface area contributed by atoms with Crippen molar-refractivity contribution in [2.45, 2.75) is 261 Å². The molecule has 42 nitrogen and oxygen atoms in total. The molecular formula is C94H132N20O22S. The molecule has 746 valence electrons. The van der Waals surface area contributed by atoms with Crippen LogP contribution in [0.2, 0.25) is 0 Å². The number of aliphatic carboxylic acids is 2. The number of nitrogens with one attached hydrogen (secondary N) is 11. The third kappa shape index (κ3) is 30.1. The van der Waals surface area contributed by atoms with Gasteiger partial charge in [-0.15, -0.1) is 24.1 Å². The molecule has 0 saturated carbocycles. The number of nitrogens with zero attached hydrogens (tertiary/aromatic N) is 6. The molecule has 5 heterocycles. The summed E-state index contributed by atoms with van der Waals surface area (Å²) in [5.41, 5.74) is 20.4. The van der Waals surface area contributed by atoms with Crippen molar-refractivity contribution in [3.05, 3.63) is 102 Å². The number of hydrogen-bond acceptors (Lipinski definition) is 23. The van der Waals surface area contributed by atoms with E-state index in [-0.39, 0.29) is 89.0 Å². The van der Waals surface area contributed by atoms with E-state index in [1.165, 1.54) is 63.1 Å². The summed E-state index contributed by atoms with van der Waals surface area (Å²) in [6.45, 7) is 9.83. The Morgan fingerprint density at radius 1 is 0.577 bits per heavy atom. The van der Waals surface area contributed by atoms with Gasteiger partial charge in [-0.05, 0) is 111 Å². The van der Waals surface area contributed by atoms with Gasteiger partial charge in [-0.2, -0.15) is 0 Å². The fraction of sp³-hybridized carbons (Fsp3) is 0.553. The molecular weight excluding hydrogens is 1790 g/mol. The van der Waals surface area contributed by atoms with Crippen LogP contribution < -0.4 is 70.4 Å². The van der Waals surface area contributed by atoms with E-state index in [0.29, 0.717) is 64.2 Å². The number of aromatic amines is 1. The van der Waals surface area contributed by atoms with Crippen molar-refractivity contribution < 1.29 is 107 Å². The second kappa shape index (κ2) is 51.6. The third-order valence-electron chi connectivity index (χ3n) is 24.6. The Morgan fingerprint density at radius 2 is 1.12 bits per heavy atom. The van der Waals surface area contributed by atoms with Crippen LogP contribution in [0.1, 0.15) is 155 Å². The van der Waals surface area contributed by atoms with Crippen molar-refractivity contribution in [2.75, 3.05) is 58.8 Å². The van der Waals surface area contributed by atoms with E-state index in [9.17, 15) is 68.4 Å². The lowest BCUT2D eigenvalue weighted by atomic mass is 9.99. The van der Waals surface area contributed by atoms with Crippen molar-refractivity contribution in [3.8, 4) is 18.1 Å². The van der Waals surface area contributed by atoms with Crippen LogP contribution in [-0.4, -0.2) is 316 Å². The molecule has 3 fully saturated rings. The number of aromatic hydroxyl groups is 1. The Bertz CT molecular complexity index is 5210. The quantitative estimate of drug-likeness (QED) is 0.0273. The lowest BCUT2D eigenvalue weighted by Crippen LogP contribution is -2.62. The number of aliphatic hydroxyl groups is 1. The monoisotopic (exact) mass is 1920 g/mol. The van der Waals surface area contributed by atoms with Gasteiger partial charge in [-0.3, -0.25) is 81.5 Å². The number of fused-ring (bicyclic) bond motifs is 4. The average molecular weight is 1930 g/mol. The topological polar surface area (TPSA) is 623 Å². The number of primary amides is 1. The fourth-order valence-corrected chi connectivity index (χ4v) is 18.0. The lowest BCUT2D eigenvalue weighted by molar-refractivity contribution is -0.149. The van der Waals surface area contributed by atoms with Gasteiger partial charge in [0, 0.05) is 113 Å². The molecule has 16 amide bonds. The van der Waals surface area contributed by atoms with Gasteiger partial charge in [-0.1, -0.05) is 116 Å². The molecule has 2 aromatic heterocycles. The van der Waals surface area contributed by atoms with Crippen molar-refractivity contribution in [1.29, 1.82) is 0 Å². The molecule has 3 aliphatic rings. The second-order valence-corrected chi connectivity index (χ2v) is 37.0. The number of benzene rings is 3. The van der Waals surface area contributed by atoms with E-state index in [0.717, 1.165) is 36.3 Å². The summed E-state index contributed by atoms with van der Waals surface area (Å²) in [6, 6.07) is -4.37. The predicted molar refractivity (Wildman–Crippen MR) is 506 cm³/mol. The van der Waals surface area contributed by atoms with Gasteiger partial charge < -0.3 is 125 Å². The molecule has 16 atom stereocenters. The summed E-state index contributed by atoms with van der Waals surface area (Å²) >= 11 is 0.728. The van der Waals surface area contributed by atoms with Gasteiger partial charge in [0.05, 0.1) is 18.3 Å². The van der Waals surface area contributed by atoms with Crippen LogP contribution in [0, 0.1) is 24.2 Å². The Balaban J connectivity index is 1.22. The zero-order chi connectivity index (χ0) is 101. The number of carbonyl (C=O) groups is 18. The van der Waals surface area contributed by atoms with Gasteiger partial charge in [0.1, 0.15) is 103 Å². The minimum atomic E-state index is -1.79. The molecule has 0 radical (unpaired) electrons. The number of phenols is 1. The molecule has 21 N–H and O–H groups in total. The van der Waals surface area contributed by atoms with Crippen LogP contribution in [0.15, 0.2) is 85.2 Å². The summed E-state index contributed by atoms with van der Waals surface area (Å²) in [4.78, 5) is 272. The van der Waals surface area contributed by atoms with Crippen LogP contribution in [0.5, 0.6) is 5.75 Å². The van der Waals surface area contributed by atoms with Crippen molar-refractivity contribution >= 4 is 140 Å². The fourth-order valence-electron chi connectivity index (χ4n) is 17.1. The largest absolute Gasteiger partial charge is 0.508 e. The molecule has 0 spiro atoms. The number of thioether (sulfide) groups is 1. The Labute approximate surface area is 798 Å². The maximum absolute atomic E-state index is 16.0.